The van der Waals surface area contributed by atoms with Crippen molar-refractivity contribution in [2.75, 3.05) is 19.5 Å². The molecule has 0 aliphatic rings. The number of ether oxygens (including phenoxy) is 2. The molecule has 122 valence electrons. The van der Waals surface area contributed by atoms with Crippen molar-refractivity contribution in [1.82, 2.24) is 19.6 Å². The minimum absolute atomic E-state index is 0.593. The van der Waals surface area contributed by atoms with Gasteiger partial charge in [-0.15, -0.1) is 0 Å². The second-order valence-corrected chi connectivity index (χ2v) is 5.35. The zero-order valence-electron chi connectivity index (χ0n) is 13.4. The quantitative estimate of drug-likeness (QED) is 0.590. The van der Waals surface area contributed by atoms with E-state index >= 15 is 0 Å². The zero-order valence-corrected chi connectivity index (χ0v) is 13.4. The smallest absolute Gasteiger partial charge is 0.253 e. The molecule has 24 heavy (non-hydrogen) atoms. The van der Waals surface area contributed by atoms with Gasteiger partial charge < -0.3 is 14.8 Å². The Kier molecular flexibility index (Phi) is 3.45. The normalized spacial score (nSPS) is 11.1. The molecule has 0 aliphatic carbocycles. The summed E-state index contributed by atoms with van der Waals surface area (Å²) in [4.78, 5) is 9.00. The summed E-state index contributed by atoms with van der Waals surface area (Å²) in [6.45, 7) is 0.687. The third-order valence-corrected chi connectivity index (χ3v) is 3.87. The number of methoxy groups -OCH3 is 2. The van der Waals surface area contributed by atoms with Gasteiger partial charge in [0.25, 0.3) is 5.78 Å². The summed E-state index contributed by atoms with van der Waals surface area (Å²) in [5.74, 6) is 2.56. The van der Waals surface area contributed by atoms with Crippen LogP contribution in [0.3, 0.4) is 0 Å². The minimum atomic E-state index is 0.593. The van der Waals surface area contributed by atoms with Crippen LogP contribution >= 0.6 is 0 Å². The fourth-order valence-electron chi connectivity index (χ4n) is 2.67. The SMILES string of the molecule is COc1cc2nc3nc(NCc4ccccc4)[nH]n3c2cc1OC. The molecule has 4 aromatic rings. The van der Waals surface area contributed by atoms with Crippen molar-refractivity contribution in [3.05, 3.63) is 48.0 Å². The lowest BCUT2D eigenvalue weighted by Crippen LogP contribution is -2.01. The minimum Gasteiger partial charge on any atom is -0.493 e. The summed E-state index contributed by atoms with van der Waals surface area (Å²) in [5, 5.41) is 6.48. The standard InChI is InChI=1S/C17H17N5O2/c1-23-14-8-12-13(9-15(14)24-2)22-17(19-12)20-16(21-22)18-10-11-6-4-3-5-7-11/h3-9H,10H2,1-2H3,(H2,18,19,20,21). The maximum atomic E-state index is 5.36. The topological polar surface area (TPSA) is 76.5 Å². The maximum Gasteiger partial charge on any atom is 0.253 e. The van der Waals surface area contributed by atoms with E-state index in [1.165, 1.54) is 5.56 Å². The summed E-state index contributed by atoms with van der Waals surface area (Å²) in [6.07, 6.45) is 0. The molecule has 2 aromatic carbocycles. The molecule has 0 bridgehead atoms. The third-order valence-electron chi connectivity index (χ3n) is 3.87. The monoisotopic (exact) mass is 323 g/mol. The van der Waals surface area contributed by atoms with E-state index in [4.69, 9.17) is 9.47 Å². The number of hydrogen-bond acceptors (Lipinski definition) is 5. The van der Waals surface area contributed by atoms with Crippen LogP contribution in [0, 0.1) is 0 Å². The van der Waals surface area contributed by atoms with Crippen molar-refractivity contribution in [2.24, 2.45) is 0 Å². The fourth-order valence-corrected chi connectivity index (χ4v) is 2.67. The number of H-pyrrole nitrogens is 1. The van der Waals surface area contributed by atoms with Crippen LogP contribution in [0.4, 0.5) is 5.95 Å². The molecule has 7 heteroatoms. The largest absolute Gasteiger partial charge is 0.493 e. The number of nitrogens with one attached hydrogen (secondary N) is 2. The summed E-state index contributed by atoms with van der Waals surface area (Å²) in [7, 11) is 3.22. The zero-order chi connectivity index (χ0) is 16.5. The Morgan fingerprint density at radius 2 is 1.79 bits per heavy atom. The second kappa shape index (κ2) is 5.77. The Labute approximate surface area is 138 Å². The molecular formula is C17H17N5O2. The summed E-state index contributed by atoms with van der Waals surface area (Å²) in [6, 6.07) is 13.9. The summed E-state index contributed by atoms with van der Waals surface area (Å²) in [5.41, 5.74) is 2.85. The van der Waals surface area contributed by atoms with Gasteiger partial charge in [0, 0.05) is 18.7 Å². The molecule has 0 amide bonds. The van der Waals surface area contributed by atoms with Crippen LogP contribution in [0.15, 0.2) is 42.5 Å². The van der Waals surface area contributed by atoms with Crippen LogP contribution in [0.2, 0.25) is 0 Å². The van der Waals surface area contributed by atoms with Gasteiger partial charge >= 0.3 is 0 Å². The van der Waals surface area contributed by atoms with Gasteiger partial charge in [0.05, 0.1) is 25.3 Å². The molecule has 0 aliphatic heterocycles. The highest BCUT2D eigenvalue weighted by Gasteiger charge is 2.14. The Bertz CT molecular complexity index is 990. The molecule has 0 unspecified atom stereocenters. The van der Waals surface area contributed by atoms with Crippen LogP contribution in [0.5, 0.6) is 11.5 Å². The van der Waals surface area contributed by atoms with Crippen molar-refractivity contribution in [3.63, 3.8) is 0 Å². The molecule has 0 spiro atoms. The van der Waals surface area contributed by atoms with E-state index in [1.807, 2.05) is 34.8 Å². The van der Waals surface area contributed by atoms with Crippen LogP contribution in [-0.4, -0.2) is 33.8 Å². The van der Waals surface area contributed by atoms with Crippen molar-refractivity contribution in [3.8, 4) is 11.5 Å². The molecule has 7 nitrogen and oxygen atoms in total. The number of rotatable bonds is 5. The van der Waals surface area contributed by atoms with E-state index in [0.717, 1.165) is 11.0 Å². The van der Waals surface area contributed by atoms with Gasteiger partial charge in [-0.1, -0.05) is 30.3 Å². The molecule has 0 radical (unpaired) electrons. The Morgan fingerprint density at radius 1 is 1.04 bits per heavy atom. The first kappa shape index (κ1) is 14.4. The van der Waals surface area contributed by atoms with Crippen LogP contribution < -0.4 is 14.8 Å². The van der Waals surface area contributed by atoms with Crippen molar-refractivity contribution in [2.45, 2.75) is 6.54 Å². The van der Waals surface area contributed by atoms with Crippen LogP contribution in [0.25, 0.3) is 16.8 Å². The molecule has 0 saturated heterocycles. The van der Waals surface area contributed by atoms with Gasteiger partial charge in [-0.05, 0) is 5.56 Å². The molecule has 0 fully saturated rings. The lowest BCUT2D eigenvalue weighted by molar-refractivity contribution is 0.355. The van der Waals surface area contributed by atoms with Crippen LogP contribution in [-0.2, 0) is 6.54 Å². The number of benzene rings is 2. The van der Waals surface area contributed by atoms with E-state index < -0.39 is 0 Å². The molecule has 2 heterocycles. The molecular weight excluding hydrogens is 306 g/mol. The van der Waals surface area contributed by atoms with E-state index in [0.29, 0.717) is 29.8 Å². The van der Waals surface area contributed by atoms with E-state index in [9.17, 15) is 0 Å². The average molecular weight is 323 g/mol. The Hall–Kier alpha value is -3.22. The van der Waals surface area contributed by atoms with E-state index in [-0.39, 0.29) is 0 Å². The number of aromatic amines is 1. The van der Waals surface area contributed by atoms with Gasteiger partial charge in [0.2, 0.25) is 5.95 Å². The number of imidazole rings is 1. The van der Waals surface area contributed by atoms with Gasteiger partial charge in [-0.2, -0.15) is 4.98 Å². The molecule has 2 N–H and O–H groups in total. The summed E-state index contributed by atoms with van der Waals surface area (Å²) < 4.78 is 12.5. The highest BCUT2D eigenvalue weighted by molar-refractivity contribution is 5.83. The maximum absolute atomic E-state index is 5.36. The number of hydrogen-bond donors (Lipinski definition) is 2. The first-order valence-corrected chi connectivity index (χ1v) is 7.56. The van der Waals surface area contributed by atoms with E-state index in [1.54, 1.807) is 14.2 Å². The first-order valence-electron chi connectivity index (χ1n) is 7.56. The number of anilines is 1. The predicted octanol–water partition coefficient (Wildman–Crippen LogP) is 2.84. The molecule has 2 aromatic heterocycles. The van der Waals surface area contributed by atoms with E-state index in [2.05, 4.69) is 32.5 Å². The van der Waals surface area contributed by atoms with Crippen molar-refractivity contribution < 1.29 is 9.47 Å². The third kappa shape index (κ3) is 2.40. The van der Waals surface area contributed by atoms with Gasteiger partial charge in [0.15, 0.2) is 11.5 Å². The molecule has 0 atom stereocenters. The number of nitrogens with zero attached hydrogens (tertiary/aromatic N) is 3. The Morgan fingerprint density at radius 3 is 2.54 bits per heavy atom. The Balaban J connectivity index is 1.68. The highest BCUT2D eigenvalue weighted by Crippen LogP contribution is 2.32. The lowest BCUT2D eigenvalue weighted by atomic mass is 10.2. The second-order valence-electron chi connectivity index (χ2n) is 5.35. The fraction of sp³-hybridized carbons (Fsp3) is 0.176. The highest BCUT2D eigenvalue weighted by atomic mass is 16.5. The van der Waals surface area contributed by atoms with Crippen molar-refractivity contribution in [1.29, 1.82) is 0 Å². The summed E-state index contributed by atoms with van der Waals surface area (Å²) >= 11 is 0. The average Bonchev–Trinajstić information content (AvgIpc) is 3.16. The molecule has 4 rings (SSSR count). The predicted molar refractivity (Wildman–Crippen MR) is 91.7 cm³/mol. The van der Waals surface area contributed by atoms with Gasteiger partial charge in [0.1, 0.15) is 0 Å². The number of fused-ring (bicyclic) bond motifs is 3. The van der Waals surface area contributed by atoms with Crippen LogP contribution in [0.1, 0.15) is 5.56 Å². The van der Waals surface area contributed by atoms with Crippen molar-refractivity contribution >= 4 is 22.8 Å². The van der Waals surface area contributed by atoms with Gasteiger partial charge in [-0.25, -0.2) is 9.50 Å². The lowest BCUT2D eigenvalue weighted by Gasteiger charge is -2.06. The molecule has 0 saturated carbocycles. The first-order chi connectivity index (χ1) is 11.8. The van der Waals surface area contributed by atoms with Gasteiger partial charge in [-0.3, -0.25) is 5.10 Å². The number of aromatic nitrogens is 4.